The highest BCUT2D eigenvalue weighted by Gasteiger charge is 2.45. The fourth-order valence-electron chi connectivity index (χ4n) is 10.4. The third kappa shape index (κ3) is 4.29. The summed E-state index contributed by atoms with van der Waals surface area (Å²) in [7, 11) is 0. The van der Waals surface area contributed by atoms with Crippen LogP contribution in [-0.2, 0) is 5.41 Å². The van der Waals surface area contributed by atoms with Crippen molar-refractivity contribution in [2.75, 3.05) is 4.81 Å². The molecule has 60 heavy (non-hydrogen) atoms. The van der Waals surface area contributed by atoms with Gasteiger partial charge in [-0.3, -0.25) is 0 Å². The normalized spacial score (nSPS) is 13.5. The summed E-state index contributed by atoms with van der Waals surface area (Å²) in [4.78, 5) is 7.75. The van der Waals surface area contributed by atoms with Crippen molar-refractivity contribution in [1.29, 1.82) is 0 Å². The van der Waals surface area contributed by atoms with Crippen molar-refractivity contribution in [2.45, 2.75) is 26.2 Å². The molecule has 0 aliphatic carbocycles. The summed E-state index contributed by atoms with van der Waals surface area (Å²) in [5, 5.41) is 7.33. The second-order valence-corrected chi connectivity index (χ2v) is 18.6. The number of anilines is 2. The lowest BCUT2D eigenvalue weighted by atomic mass is 9.44. The minimum absolute atomic E-state index is 0.0193. The number of para-hydroxylation sites is 1. The van der Waals surface area contributed by atoms with E-state index in [9.17, 15) is 0 Å². The van der Waals surface area contributed by atoms with Gasteiger partial charge in [0, 0.05) is 76.0 Å². The highest BCUT2D eigenvalue weighted by Crippen LogP contribution is 2.49. The number of benzene rings is 8. The molecule has 0 unspecified atom stereocenters. The molecule has 5 nitrogen and oxygen atoms in total. The van der Waals surface area contributed by atoms with Gasteiger partial charge in [0.25, 0.3) is 0 Å². The van der Waals surface area contributed by atoms with E-state index in [0.29, 0.717) is 5.89 Å². The number of thiophene rings is 1. The first-order valence-electron chi connectivity index (χ1n) is 20.6. The highest BCUT2D eigenvalue weighted by molar-refractivity contribution is 7.25. The summed E-state index contributed by atoms with van der Waals surface area (Å²) in [5.41, 5.74) is 16.4. The lowest BCUT2D eigenvalue weighted by Gasteiger charge is -2.42. The Morgan fingerprint density at radius 2 is 1.37 bits per heavy atom. The molecule has 0 amide bonds. The predicted molar refractivity (Wildman–Crippen MR) is 252 cm³/mol. The third-order valence-corrected chi connectivity index (χ3v) is 14.3. The lowest BCUT2D eigenvalue weighted by Crippen LogP contribution is -2.60. The minimum atomic E-state index is -0.165. The van der Waals surface area contributed by atoms with Gasteiger partial charge in [0.05, 0.1) is 11.0 Å². The first-order chi connectivity index (χ1) is 29.4. The summed E-state index contributed by atoms with van der Waals surface area (Å²) in [6.45, 7) is 6.67. The Morgan fingerprint density at radius 1 is 0.567 bits per heavy atom. The monoisotopic (exact) mass is 787 g/mol. The van der Waals surface area contributed by atoms with Gasteiger partial charge in [-0.25, -0.2) is 4.98 Å². The molecule has 0 saturated carbocycles. The van der Waals surface area contributed by atoms with Gasteiger partial charge < -0.3 is 18.2 Å². The molecule has 6 heterocycles. The van der Waals surface area contributed by atoms with Gasteiger partial charge in [0.15, 0.2) is 5.58 Å². The predicted octanol–water partition coefficient (Wildman–Crippen LogP) is 13.4. The fourth-order valence-corrected chi connectivity index (χ4v) is 11.5. The highest BCUT2D eigenvalue weighted by atomic mass is 32.1. The maximum Gasteiger partial charge on any atom is 0.333 e. The van der Waals surface area contributed by atoms with Gasteiger partial charge in [-0.1, -0.05) is 99.6 Å². The number of fused-ring (bicyclic) bond motifs is 15. The van der Waals surface area contributed by atoms with Crippen molar-refractivity contribution < 1.29 is 8.83 Å². The largest absolute Gasteiger partial charge is 0.456 e. The SMILES string of the molecule is CC(C)(C)c1ccc(N2B3c4cc5nc(-c6ccccc6)oc5cc4-n4c5cc6sc7ccccc7c6cc5c5ccc(c3c54)-c3cc4oc5ccccc5c4cc32)cc1. The zero-order valence-electron chi connectivity index (χ0n) is 33.1. The van der Waals surface area contributed by atoms with E-state index in [0.717, 1.165) is 61.2 Å². The molecular formula is C53H34BN3O2S. The molecule has 14 rings (SSSR count). The Balaban J connectivity index is 1.14. The molecule has 2 aliphatic heterocycles. The quantitative estimate of drug-likeness (QED) is 0.164. The third-order valence-electron chi connectivity index (χ3n) is 13.1. The van der Waals surface area contributed by atoms with Gasteiger partial charge in [0.2, 0.25) is 5.89 Å². The maximum atomic E-state index is 6.66. The molecule has 0 bridgehead atoms. The van der Waals surface area contributed by atoms with Crippen molar-refractivity contribution in [2.24, 2.45) is 0 Å². The summed E-state index contributed by atoms with van der Waals surface area (Å²) in [5.74, 6) is 0.624. The summed E-state index contributed by atoms with van der Waals surface area (Å²) in [6, 6.07) is 55.4. The minimum Gasteiger partial charge on any atom is -0.456 e. The van der Waals surface area contributed by atoms with Crippen LogP contribution in [0.5, 0.6) is 0 Å². The standard InChI is InChI=1S/C53H34BN3O2S/c1-53(2,3)30-17-19-31(20-18-30)57-43-24-38-32-13-7-9-15-45(32)58-46(38)25-37(43)34-21-22-35-36-23-39-33-14-8-10-16-48(33)60-49(39)28-42(36)56-44-27-47-41(26-40(44)54(57)50(34)51(35)56)55-52(59-47)29-11-5-4-6-12-29/h4-28H,1-3H3. The zero-order valence-corrected chi connectivity index (χ0v) is 33.9. The Bertz CT molecular complexity index is 3830. The molecule has 2 aliphatic rings. The van der Waals surface area contributed by atoms with Crippen LogP contribution in [0, 0.1) is 0 Å². The van der Waals surface area contributed by atoms with Crippen LogP contribution in [0.3, 0.4) is 0 Å². The van der Waals surface area contributed by atoms with E-state index in [1.165, 1.54) is 64.0 Å². The van der Waals surface area contributed by atoms with E-state index in [2.05, 4.69) is 164 Å². The second kappa shape index (κ2) is 11.3. The number of aromatic nitrogens is 2. The first kappa shape index (κ1) is 32.8. The summed E-state index contributed by atoms with van der Waals surface area (Å²) < 4.78 is 18.4. The van der Waals surface area contributed by atoms with Crippen LogP contribution < -0.4 is 15.7 Å². The number of hydrogen-bond acceptors (Lipinski definition) is 5. The van der Waals surface area contributed by atoms with E-state index < -0.39 is 0 Å². The molecule has 0 atom stereocenters. The van der Waals surface area contributed by atoms with Crippen LogP contribution >= 0.6 is 11.3 Å². The number of rotatable bonds is 2. The van der Waals surface area contributed by atoms with E-state index in [1.807, 2.05) is 29.5 Å². The molecule has 4 aromatic heterocycles. The van der Waals surface area contributed by atoms with Crippen LogP contribution in [-0.4, -0.2) is 16.4 Å². The smallest absolute Gasteiger partial charge is 0.333 e. The van der Waals surface area contributed by atoms with E-state index >= 15 is 0 Å². The van der Waals surface area contributed by atoms with Gasteiger partial charge in [-0.15, -0.1) is 11.3 Å². The Kier molecular flexibility index (Phi) is 6.21. The molecule has 282 valence electrons. The van der Waals surface area contributed by atoms with E-state index in [4.69, 9.17) is 13.8 Å². The number of furan rings is 1. The Morgan fingerprint density at radius 3 is 2.22 bits per heavy atom. The van der Waals surface area contributed by atoms with Crippen LogP contribution in [0.2, 0.25) is 0 Å². The average molecular weight is 788 g/mol. The van der Waals surface area contributed by atoms with Crippen LogP contribution in [0.15, 0.2) is 160 Å². The Hall–Kier alpha value is -7.09. The number of hydrogen-bond donors (Lipinski definition) is 0. The zero-order chi connectivity index (χ0) is 39.6. The topological polar surface area (TPSA) is 47.3 Å². The van der Waals surface area contributed by atoms with E-state index in [1.54, 1.807) is 0 Å². The van der Waals surface area contributed by atoms with Crippen molar-refractivity contribution in [3.05, 3.63) is 157 Å². The number of oxazole rings is 1. The molecule has 7 heteroatoms. The van der Waals surface area contributed by atoms with Crippen LogP contribution in [0.4, 0.5) is 11.4 Å². The number of nitrogens with zero attached hydrogens (tertiary/aromatic N) is 3. The van der Waals surface area contributed by atoms with Gasteiger partial charge >= 0.3 is 6.85 Å². The molecule has 0 fully saturated rings. The molecular weight excluding hydrogens is 753 g/mol. The summed E-state index contributed by atoms with van der Waals surface area (Å²) in [6.07, 6.45) is 0. The maximum absolute atomic E-state index is 6.66. The molecule has 0 N–H and O–H groups in total. The van der Waals surface area contributed by atoms with Gasteiger partial charge in [-0.05, 0) is 94.2 Å². The first-order valence-corrected chi connectivity index (χ1v) is 21.5. The lowest BCUT2D eigenvalue weighted by molar-refractivity contribution is 0.590. The fraction of sp³-hybridized carbons (Fsp3) is 0.0755. The van der Waals surface area contributed by atoms with Crippen molar-refractivity contribution in [1.82, 2.24) is 9.55 Å². The molecule has 0 radical (unpaired) electrons. The van der Waals surface area contributed by atoms with Gasteiger partial charge in [0.1, 0.15) is 16.7 Å². The molecule has 0 spiro atoms. The average Bonchev–Trinajstić information content (AvgIpc) is 4.04. The van der Waals surface area contributed by atoms with Crippen LogP contribution in [0.1, 0.15) is 26.3 Å². The molecule has 12 aromatic rings. The second-order valence-electron chi connectivity index (χ2n) is 17.5. The molecule has 0 saturated heterocycles. The summed E-state index contributed by atoms with van der Waals surface area (Å²) >= 11 is 1.87. The van der Waals surface area contributed by atoms with Crippen molar-refractivity contribution in [3.8, 4) is 28.3 Å². The van der Waals surface area contributed by atoms with Crippen molar-refractivity contribution in [3.63, 3.8) is 0 Å². The Labute approximate surface area is 348 Å². The van der Waals surface area contributed by atoms with E-state index in [-0.39, 0.29) is 12.3 Å². The van der Waals surface area contributed by atoms with Crippen molar-refractivity contribution >= 4 is 116 Å². The van der Waals surface area contributed by atoms with Crippen LogP contribution in [0.25, 0.3) is 103 Å². The molecule has 8 aromatic carbocycles. The van der Waals surface area contributed by atoms with Gasteiger partial charge in [-0.2, -0.15) is 0 Å².